The van der Waals surface area contributed by atoms with E-state index in [9.17, 15) is 9.50 Å². The van der Waals surface area contributed by atoms with Crippen LogP contribution in [-0.4, -0.2) is 72.5 Å². The van der Waals surface area contributed by atoms with Gasteiger partial charge < -0.3 is 21.1 Å². The fraction of sp³-hybridized carbons (Fsp3) is 0.900. The zero-order valence-electron chi connectivity index (χ0n) is 17.0. The Morgan fingerprint density at radius 2 is 1.86 bits per heavy atom. The molecule has 0 spiro atoms. The predicted molar refractivity (Wildman–Crippen MR) is 108 cm³/mol. The Morgan fingerprint density at radius 1 is 1.11 bits per heavy atom. The Bertz CT molecular complexity index is 531. The van der Waals surface area contributed by atoms with Crippen LogP contribution in [0.15, 0.2) is 12.4 Å². The van der Waals surface area contributed by atoms with E-state index < -0.39 is 11.8 Å². The van der Waals surface area contributed by atoms with Gasteiger partial charge in [-0.15, -0.1) is 0 Å². The van der Waals surface area contributed by atoms with E-state index in [2.05, 4.69) is 31.5 Å². The summed E-state index contributed by atoms with van der Waals surface area (Å²) in [6.07, 6.45) is 9.36. The van der Waals surface area contributed by atoms with E-state index in [4.69, 9.17) is 0 Å². The van der Waals surface area contributed by atoms with Crippen molar-refractivity contribution in [3.8, 4) is 0 Å². The number of nitrogens with one attached hydrogen (secondary N) is 5. The lowest BCUT2D eigenvalue weighted by Gasteiger charge is -2.52. The summed E-state index contributed by atoms with van der Waals surface area (Å²) in [5, 5.41) is 27.9. The first-order valence-corrected chi connectivity index (χ1v) is 11.0. The maximum Gasteiger partial charge on any atom is 0.100 e. The van der Waals surface area contributed by atoms with Crippen molar-refractivity contribution in [1.29, 1.82) is 0 Å². The highest BCUT2D eigenvalue weighted by Gasteiger charge is 2.43. The molecule has 7 nitrogen and oxygen atoms in total. The maximum absolute atomic E-state index is 13.4. The molecule has 1 aliphatic carbocycles. The van der Waals surface area contributed by atoms with Gasteiger partial charge >= 0.3 is 0 Å². The number of β-amino-alcohol motifs (C(OH)–C–C–N with tert-alkyl or cyclic N) is 1. The summed E-state index contributed by atoms with van der Waals surface area (Å²) < 4.78 is 13.4. The van der Waals surface area contributed by atoms with Crippen LogP contribution in [0.4, 0.5) is 4.39 Å². The number of hydrogen-bond donors (Lipinski definition) is 6. The fourth-order valence-corrected chi connectivity index (χ4v) is 5.12. The Labute approximate surface area is 167 Å². The zero-order valence-corrected chi connectivity index (χ0v) is 17.0. The van der Waals surface area contributed by atoms with Crippen LogP contribution >= 0.6 is 0 Å². The van der Waals surface area contributed by atoms with Crippen LogP contribution in [0.2, 0.25) is 0 Å². The minimum atomic E-state index is -0.591. The summed E-state index contributed by atoms with van der Waals surface area (Å²) in [6.45, 7) is 5.23. The first-order chi connectivity index (χ1) is 13.5. The molecule has 0 aromatic heterocycles. The lowest BCUT2D eigenvalue weighted by molar-refractivity contribution is -0.112. The van der Waals surface area contributed by atoms with Crippen molar-refractivity contribution in [3.05, 3.63) is 12.4 Å². The molecular formula is C20H37FN6O. The van der Waals surface area contributed by atoms with Crippen LogP contribution in [0.1, 0.15) is 45.4 Å². The number of rotatable bonds is 6. The molecule has 0 radical (unpaired) electrons. The molecule has 4 unspecified atom stereocenters. The summed E-state index contributed by atoms with van der Waals surface area (Å²) in [4.78, 5) is 2.41. The van der Waals surface area contributed by atoms with Crippen molar-refractivity contribution in [3.63, 3.8) is 0 Å². The second-order valence-electron chi connectivity index (χ2n) is 9.45. The van der Waals surface area contributed by atoms with Gasteiger partial charge in [0.1, 0.15) is 6.17 Å². The van der Waals surface area contributed by atoms with Crippen LogP contribution < -0.4 is 26.6 Å². The minimum absolute atomic E-state index is 0.196. The molecule has 3 aliphatic heterocycles. The Balaban J connectivity index is 1.31. The van der Waals surface area contributed by atoms with E-state index in [-0.39, 0.29) is 18.5 Å². The SMILES string of the molecule is CC1(O)CN(C2CC(NCC3CCC(F)CC3)NC(NC3CNC=CN3)C2)C1. The van der Waals surface area contributed by atoms with Gasteiger partial charge in [0.05, 0.1) is 24.1 Å². The van der Waals surface area contributed by atoms with Crippen LogP contribution in [0.25, 0.3) is 0 Å². The van der Waals surface area contributed by atoms with Gasteiger partial charge in [-0.05, 0) is 57.9 Å². The number of halogens is 1. The third-order valence-electron chi connectivity index (χ3n) is 6.67. The molecule has 4 rings (SSSR count). The zero-order chi connectivity index (χ0) is 19.6. The van der Waals surface area contributed by atoms with E-state index in [0.29, 0.717) is 24.8 Å². The van der Waals surface area contributed by atoms with Gasteiger partial charge in [-0.3, -0.25) is 15.5 Å². The van der Waals surface area contributed by atoms with Gasteiger partial charge in [-0.1, -0.05) is 0 Å². The summed E-state index contributed by atoms with van der Waals surface area (Å²) >= 11 is 0. The highest BCUT2D eigenvalue weighted by atomic mass is 19.1. The number of aliphatic hydroxyl groups is 1. The molecule has 8 heteroatoms. The molecule has 0 aromatic rings. The van der Waals surface area contributed by atoms with Crippen LogP contribution in [-0.2, 0) is 0 Å². The molecule has 160 valence electrons. The van der Waals surface area contributed by atoms with E-state index in [1.165, 1.54) is 0 Å². The van der Waals surface area contributed by atoms with Crippen LogP contribution in [0.5, 0.6) is 0 Å². The van der Waals surface area contributed by atoms with E-state index in [0.717, 1.165) is 51.9 Å². The number of nitrogens with zero attached hydrogens (tertiary/aromatic N) is 1. The van der Waals surface area contributed by atoms with Gasteiger partial charge in [0, 0.05) is 38.1 Å². The molecule has 28 heavy (non-hydrogen) atoms. The molecular weight excluding hydrogens is 359 g/mol. The van der Waals surface area contributed by atoms with Crippen molar-refractivity contribution in [2.24, 2.45) is 5.92 Å². The molecule has 3 fully saturated rings. The Morgan fingerprint density at radius 3 is 2.54 bits per heavy atom. The van der Waals surface area contributed by atoms with E-state index in [1.54, 1.807) is 0 Å². The number of likely N-dealkylation sites (tertiary alicyclic amines) is 1. The van der Waals surface area contributed by atoms with Crippen LogP contribution in [0, 0.1) is 5.92 Å². The van der Waals surface area contributed by atoms with Crippen molar-refractivity contribution < 1.29 is 9.50 Å². The molecule has 0 bridgehead atoms. The van der Waals surface area contributed by atoms with Gasteiger partial charge in [0.2, 0.25) is 0 Å². The Kier molecular flexibility index (Phi) is 6.42. The van der Waals surface area contributed by atoms with Crippen molar-refractivity contribution in [2.75, 3.05) is 26.2 Å². The third kappa shape index (κ3) is 5.36. The topological polar surface area (TPSA) is 83.6 Å². The first kappa shape index (κ1) is 20.3. The second kappa shape index (κ2) is 8.83. The fourth-order valence-electron chi connectivity index (χ4n) is 5.12. The molecule has 4 atom stereocenters. The average molecular weight is 397 g/mol. The molecule has 0 amide bonds. The maximum atomic E-state index is 13.4. The normalized spacial score (nSPS) is 41.0. The van der Waals surface area contributed by atoms with Gasteiger partial charge in [0.15, 0.2) is 0 Å². The first-order valence-electron chi connectivity index (χ1n) is 11.0. The average Bonchev–Trinajstić information content (AvgIpc) is 2.66. The third-order valence-corrected chi connectivity index (χ3v) is 6.67. The van der Waals surface area contributed by atoms with E-state index >= 15 is 0 Å². The quantitative estimate of drug-likeness (QED) is 0.381. The molecule has 2 saturated heterocycles. The van der Waals surface area contributed by atoms with E-state index in [1.807, 2.05) is 19.3 Å². The summed E-state index contributed by atoms with van der Waals surface area (Å²) in [5.74, 6) is 0.583. The highest BCUT2D eigenvalue weighted by molar-refractivity contribution is 4.99. The highest BCUT2D eigenvalue weighted by Crippen LogP contribution is 2.29. The predicted octanol–water partition coefficient (Wildman–Crippen LogP) is 0.155. The standard InChI is InChI=1S/C20H37FN6O/c1-20(28)12-27(13-20)16-8-17(24-10-14-2-4-15(21)5-3-14)25-18(9-16)26-19-11-22-6-7-23-19/h6-7,14-19,22-26,28H,2-5,8-13H2,1H3. The number of hydrogen-bond acceptors (Lipinski definition) is 7. The summed E-state index contributed by atoms with van der Waals surface area (Å²) in [6, 6.07) is 0.449. The summed E-state index contributed by atoms with van der Waals surface area (Å²) in [7, 11) is 0. The lowest BCUT2D eigenvalue weighted by Crippen LogP contribution is -2.70. The molecule has 0 aromatic carbocycles. The molecule has 6 N–H and O–H groups in total. The van der Waals surface area contributed by atoms with Crippen molar-refractivity contribution in [2.45, 2.75) is 81.8 Å². The van der Waals surface area contributed by atoms with Gasteiger partial charge in [0.25, 0.3) is 0 Å². The van der Waals surface area contributed by atoms with Crippen molar-refractivity contribution in [1.82, 2.24) is 31.5 Å². The van der Waals surface area contributed by atoms with Gasteiger partial charge in [-0.2, -0.15) is 0 Å². The van der Waals surface area contributed by atoms with Crippen molar-refractivity contribution >= 4 is 0 Å². The monoisotopic (exact) mass is 396 g/mol. The number of piperidine rings is 1. The molecule has 3 heterocycles. The molecule has 1 saturated carbocycles. The molecule has 4 aliphatic rings. The van der Waals surface area contributed by atoms with Gasteiger partial charge in [-0.25, -0.2) is 4.39 Å². The summed E-state index contributed by atoms with van der Waals surface area (Å²) in [5.41, 5.74) is -0.540. The number of alkyl halides is 1. The largest absolute Gasteiger partial charge is 0.388 e. The Hall–Kier alpha value is -0.930. The second-order valence-corrected chi connectivity index (χ2v) is 9.45. The van der Waals surface area contributed by atoms with Crippen LogP contribution in [0.3, 0.4) is 0 Å². The smallest absolute Gasteiger partial charge is 0.100 e. The lowest BCUT2D eigenvalue weighted by atomic mass is 9.87. The minimum Gasteiger partial charge on any atom is -0.388 e.